The Hall–Kier alpha value is -1.13. The fourth-order valence-electron chi connectivity index (χ4n) is 1.38. The molecule has 2 heterocycles. The summed E-state index contributed by atoms with van der Waals surface area (Å²) < 4.78 is 5.14. The molecule has 0 amide bonds. The molecule has 1 unspecified atom stereocenters. The Kier molecular flexibility index (Phi) is 2.39. The Morgan fingerprint density at radius 3 is 2.79 bits per heavy atom. The van der Waals surface area contributed by atoms with E-state index in [-0.39, 0.29) is 0 Å². The summed E-state index contributed by atoms with van der Waals surface area (Å²) in [5, 5.41) is 10.9. The molecule has 0 saturated carbocycles. The standard InChI is InChI=1S/C10H11NO2S/c1-6-10(14-7(2)11-6)9(12)8-4-3-5-13-8/h3-5,9,12H,1-2H3. The molecule has 0 aliphatic heterocycles. The van der Waals surface area contributed by atoms with Crippen LogP contribution in [-0.4, -0.2) is 10.1 Å². The van der Waals surface area contributed by atoms with Crippen LogP contribution in [0.2, 0.25) is 0 Å². The number of thiazole rings is 1. The van der Waals surface area contributed by atoms with Crippen LogP contribution in [0.5, 0.6) is 0 Å². The highest BCUT2D eigenvalue weighted by molar-refractivity contribution is 7.11. The summed E-state index contributed by atoms with van der Waals surface area (Å²) in [7, 11) is 0. The van der Waals surface area contributed by atoms with Crippen LogP contribution in [0.3, 0.4) is 0 Å². The predicted octanol–water partition coefficient (Wildman–Crippen LogP) is 2.43. The van der Waals surface area contributed by atoms with Crippen LogP contribution in [0.15, 0.2) is 22.8 Å². The van der Waals surface area contributed by atoms with Crippen molar-refractivity contribution in [3.05, 3.63) is 39.7 Å². The molecule has 2 rings (SSSR count). The van der Waals surface area contributed by atoms with Gasteiger partial charge in [-0.2, -0.15) is 0 Å². The van der Waals surface area contributed by atoms with Crippen molar-refractivity contribution in [3.8, 4) is 0 Å². The van der Waals surface area contributed by atoms with Crippen molar-refractivity contribution in [2.24, 2.45) is 0 Å². The normalized spacial score (nSPS) is 13.1. The van der Waals surface area contributed by atoms with Gasteiger partial charge >= 0.3 is 0 Å². The van der Waals surface area contributed by atoms with Gasteiger partial charge in [-0.1, -0.05) is 0 Å². The van der Waals surface area contributed by atoms with Crippen molar-refractivity contribution in [1.29, 1.82) is 0 Å². The van der Waals surface area contributed by atoms with Crippen molar-refractivity contribution in [1.82, 2.24) is 4.98 Å². The highest BCUT2D eigenvalue weighted by Crippen LogP contribution is 2.29. The fraction of sp³-hybridized carbons (Fsp3) is 0.300. The van der Waals surface area contributed by atoms with Gasteiger partial charge in [0.2, 0.25) is 0 Å². The van der Waals surface area contributed by atoms with E-state index < -0.39 is 6.10 Å². The lowest BCUT2D eigenvalue weighted by atomic mass is 10.2. The summed E-state index contributed by atoms with van der Waals surface area (Å²) in [4.78, 5) is 5.12. The Labute approximate surface area is 86.0 Å². The van der Waals surface area contributed by atoms with E-state index in [1.165, 1.54) is 11.3 Å². The highest BCUT2D eigenvalue weighted by atomic mass is 32.1. The van der Waals surface area contributed by atoms with Crippen molar-refractivity contribution in [2.45, 2.75) is 20.0 Å². The molecule has 0 fully saturated rings. The molecular weight excluding hydrogens is 198 g/mol. The monoisotopic (exact) mass is 209 g/mol. The van der Waals surface area contributed by atoms with Crippen molar-refractivity contribution in [2.75, 3.05) is 0 Å². The molecule has 74 valence electrons. The predicted molar refractivity (Wildman–Crippen MR) is 54.4 cm³/mol. The molecule has 2 aromatic rings. The molecule has 0 aromatic carbocycles. The van der Waals surface area contributed by atoms with Gasteiger partial charge in [0.25, 0.3) is 0 Å². The van der Waals surface area contributed by atoms with Gasteiger partial charge in [-0.25, -0.2) is 4.98 Å². The molecule has 0 bridgehead atoms. The second kappa shape index (κ2) is 3.55. The number of nitrogens with zero attached hydrogens (tertiary/aromatic N) is 1. The highest BCUT2D eigenvalue weighted by Gasteiger charge is 2.18. The van der Waals surface area contributed by atoms with Gasteiger partial charge in [0, 0.05) is 0 Å². The first-order chi connectivity index (χ1) is 6.68. The van der Waals surface area contributed by atoms with Crippen LogP contribution in [0.1, 0.15) is 27.4 Å². The van der Waals surface area contributed by atoms with E-state index in [4.69, 9.17) is 4.42 Å². The van der Waals surface area contributed by atoms with Gasteiger partial charge in [0.05, 0.1) is 21.8 Å². The minimum absolute atomic E-state index is 0.566. The first-order valence-corrected chi connectivity index (χ1v) is 5.15. The maximum Gasteiger partial charge on any atom is 0.148 e. The topological polar surface area (TPSA) is 46.3 Å². The average Bonchev–Trinajstić information content (AvgIpc) is 2.73. The zero-order chi connectivity index (χ0) is 10.1. The first-order valence-electron chi connectivity index (χ1n) is 4.34. The maximum atomic E-state index is 9.95. The third-order valence-electron chi connectivity index (χ3n) is 2.00. The van der Waals surface area contributed by atoms with Crippen LogP contribution in [-0.2, 0) is 0 Å². The number of hydrogen-bond donors (Lipinski definition) is 1. The Morgan fingerprint density at radius 2 is 2.29 bits per heavy atom. The van der Waals surface area contributed by atoms with Gasteiger partial charge in [0.15, 0.2) is 0 Å². The Balaban J connectivity index is 2.36. The molecule has 0 aliphatic carbocycles. The van der Waals surface area contributed by atoms with Gasteiger partial charge in [-0.05, 0) is 26.0 Å². The number of aromatic nitrogens is 1. The number of aryl methyl sites for hydroxylation is 2. The molecule has 14 heavy (non-hydrogen) atoms. The van der Waals surface area contributed by atoms with E-state index in [0.717, 1.165) is 15.6 Å². The zero-order valence-electron chi connectivity index (χ0n) is 8.02. The van der Waals surface area contributed by atoms with Crippen molar-refractivity contribution < 1.29 is 9.52 Å². The SMILES string of the molecule is Cc1nc(C)c(C(O)c2ccco2)s1. The van der Waals surface area contributed by atoms with Crippen molar-refractivity contribution in [3.63, 3.8) is 0 Å². The molecule has 3 nitrogen and oxygen atoms in total. The number of aliphatic hydroxyl groups is 1. The van der Waals surface area contributed by atoms with E-state index in [2.05, 4.69) is 4.98 Å². The maximum absolute atomic E-state index is 9.95. The van der Waals surface area contributed by atoms with E-state index in [1.807, 2.05) is 13.8 Å². The van der Waals surface area contributed by atoms with Crippen LogP contribution < -0.4 is 0 Å². The second-order valence-electron chi connectivity index (χ2n) is 3.10. The summed E-state index contributed by atoms with van der Waals surface area (Å²) >= 11 is 1.50. The Bertz CT molecular complexity index is 419. The van der Waals surface area contributed by atoms with Gasteiger partial charge in [-0.15, -0.1) is 11.3 Å². The molecule has 2 aromatic heterocycles. The fourth-order valence-corrected chi connectivity index (χ4v) is 2.30. The average molecular weight is 209 g/mol. The lowest BCUT2D eigenvalue weighted by Crippen LogP contribution is -1.96. The smallest absolute Gasteiger partial charge is 0.148 e. The summed E-state index contributed by atoms with van der Waals surface area (Å²) in [6.45, 7) is 3.82. The van der Waals surface area contributed by atoms with Crippen molar-refractivity contribution >= 4 is 11.3 Å². The summed E-state index contributed by atoms with van der Waals surface area (Å²) in [5.41, 5.74) is 0.872. The third kappa shape index (κ3) is 1.58. The second-order valence-corrected chi connectivity index (χ2v) is 4.34. The minimum atomic E-state index is -0.684. The quantitative estimate of drug-likeness (QED) is 0.826. The number of aliphatic hydroxyl groups excluding tert-OH is 1. The van der Waals surface area contributed by atoms with Crippen LogP contribution in [0.25, 0.3) is 0 Å². The van der Waals surface area contributed by atoms with Crippen LogP contribution >= 0.6 is 11.3 Å². The van der Waals surface area contributed by atoms with E-state index in [0.29, 0.717) is 5.76 Å². The zero-order valence-corrected chi connectivity index (χ0v) is 8.84. The summed E-state index contributed by atoms with van der Waals surface area (Å²) in [6.07, 6.45) is 0.873. The Morgan fingerprint density at radius 1 is 1.50 bits per heavy atom. The first kappa shape index (κ1) is 9.43. The van der Waals surface area contributed by atoms with E-state index in [9.17, 15) is 5.11 Å². The summed E-state index contributed by atoms with van der Waals surface area (Å²) in [6, 6.07) is 3.53. The van der Waals surface area contributed by atoms with Gasteiger partial charge in [-0.3, -0.25) is 0 Å². The minimum Gasteiger partial charge on any atom is -0.466 e. The molecule has 0 saturated heterocycles. The van der Waals surface area contributed by atoms with Crippen LogP contribution in [0, 0.1) is 13.8 Å². The molecule has 1 N–H and O–H groups in total. The lowest BCUT2D eigenvalue weighted by molar-refractivity contribution is 0.192. The van der Waals surface area contributed by atoms with Crippen LogP contribution in [0.4, 0.5) is 0 Å². The number of rotatable bonds is 2. The third-order valence-corrected chi connectivity index (χ3v) is 3.13. The molecular formula is C10H11NO2S. The van der Waals surface area contributed by atoms with E-state index in [1.54, 1.807) is 18.4 Å². The largest absolute Gasteiger partial charge is 0.466 e. The van der Waals surface area contributed by atoms with E-state index >= 15 is 0 Å². The molecule has 0 spiro atoms. The number of hydrogen-bond acceptors (Lipinski definition) is 4. The lowest BCUT2D eigenvalue weighted by Gasteiger charge is -2.04. The molecule has 1 atom stereocenters. The molecule has 4 heteroatoms. The summed E-state index contributed by atoms with van der Waals surface area (Å²) in [5.74, 6) is 0.566. The molecule has 0 radical (unpaired) electrons. The number of furan rings is 1. The van der Waals surface area contributed by atoms with Gasteiger partial charge in [0.1, 0.15) is 11.9 Å². The van der Waals surface area contributed by atoms with Gasteiger partial charge < -0.3 is 9.52 Å². The molecule has 0 aliphatic rings.